The zero-order valence-electron chi connectivity index (χ0n) is 12.2. The highest BCUT2D eigenvalue weighted by Gasteiger charge is 2.03. The molecular formula is C17H19BrN2O. The third kappa shape index (κ3) is 4.90. The van der Waals surface area contributed by atoms with Crippen molar-refractivity contribution in [1.29, 1.82) is 0 Å². The molecule has 2 aromatic rings. The second kappa shape index (κ2) is 7.27. The van der Waals surface area contributed by atoms with Crippen molar-refractivity contribution >= 4 is 33.2 Å². The highest BCUT2D eigenvalue weighted by Crippen LogP contribution is 2.20. The minimum absolute atomic E-state index is 0.0132. The number of rotatable bonds is 5. The van der Waals surface area contributed by atoms with Crippen LogP contribution in [0.3, 0.4) is 0 Å². The molecule has 21 heavy (non-hydrogen) atoms. The van der Waals surface area contributed by atoms with Crippen LogP contribution in [0.4, 0.5) is 11.4 Å². The molecule has 0 saturated heterocycles. The second-order valence-electron chi connectivity index (χ2n) is 5.06. The van der Waals surface area contributed by atoms with E-state index in [1.165, 1.54) is 5.56 Å². The standard InChI is InChI=1S/C17H19BrN2O/c1-12-4-3-5-15(10-12)20-17(21)8-9-19-14-7-6-13(2)16(18)11-14/h3-7,10-11,19H,8-9H2,1-2H3,(H,20,21). The molecule has 4 heteroatoms. The van der Waals surface area contributed by atoms with Crippen molar-refractivity contribution in [2.75, 3.05) is 17.2 Å². The van der Waals surface area contributed by atoms with Crippen molar-refractivity contribution in [1.82, 2.24) is 0 Å². The van der Waals surface area contributed by atoms with Gasteiger partial charge in [0.15, 0.2) is 0 Å². The molecule has 1 amide bonds. The maximum Gasteiger partial charge on any atom is 0.226 e. The minimum Gasteiger partial charge on any atom is -0.384 e. The van der Waals surface area contributed by atoms with Crippen molar-refractivity contribution in [3.63, 3.8) is 0 Å². The third-order valence-electron chi connectivity index (χ3n) is 3.15. The predicted molar refractivity (Wildman–Crippen MR) is 91.8 cm³/mol. The number of benzene rings is 2. The van der Waals surface area contributed by atoms with E-state index in [4.69, 9.17) is 0 Å². The van der Waals surface area contributed by atoms with Gasteiger partial charge in [0.1, 0.15) is 0 Å². The lowest BCUT2D eigenvalue weighted by Crippen LogP contribution is -2.16. The first-order valence-electron chi connectivity index (χ1n) is 6.91. The summed E-state index contributed by atoms with van der Waals surface area (Å²) < 4.78 is 1.07. The quantitative estimate of drug-likeness (QED) is 0.836. The zero-order valence-corrected chi connectivity index (χ0v) is 13.8. The smallest absolute Gasteiger partial charge is 0.226 e. The van der Waals surface area contributed by atoms with Crippen LogP contribution in [-0.4, -0.2) is 12.5 Å². The van der Waals surface area contributed by atoms with Crippen molar-refractivity contribution in [3.05, 3.63) is 58.1 Å². The molecule has 2 N–H and O–H groups in total. The third-order valence-corrected chi connectivity index (χ3v) is 4.01. The maximum absolute atomic E-state index is 11.9. The fraction of sp³-hybridized carbons (Fsp3) is 0.235. The molecule has 110 valence electrons. The van der Waals surface area contributed by atoms with Crippen LogP contribution in [0.2, 0.25) is 0 Å². The number of anilines is 2. The molecule has 2 aromatic carbocycles. The van der Waals surface area contributed by atoms with Gasteiger partial charge in [-0.25, -0.2) is 0 Å². The predicted octanol–water partition coefficient (Wildman–Crippen LogP) is 4.51. The Kier molecular flexibility index (Phi) is 5.39. The number of carbonyl (C=O) groups is 1. The van der Waals surface area contributed by atoms with E-state index in [-0.39, 0.29) is 5.91 Å². The maximum atomic E-state index is 11.9. The summed E-state index contributed by atoms with van der Waals surface area (Å²) in [5, 5.41) is 6.15. The molecule has 3 nitrogen and oxygen atoms in total. The Morgan fingerprint density at radius 1 is 1.10 bits per heavy atom. The summed E-state index contributed by atoms with van der Waals surface area (Å²) in [4.78, 5) is 11.9. The molecule has 0 fully saturated rings. The Morgan fingerprint density at radius 2 is 1.90 bits per heavy atom. The molecule has 2 rings (SSSR count). The van der Waals surface area contributed by atoms with Gasteiger partial charge in [-0.15, -0.1) is 0 Å². The van der Waals surface area contributed by atoms with Crippen LogP contribution in [0.25, 0.3) is 0 Å². The first-order valence-corrected chi connectivity index (χ1v) is 7.70. The van der Waals surface area contributed by atoms with E-state index >= 15 is 0 Å². The average Bonchev–Trinajstić information content (AvgIpc) is 2.43. The summed E-state index contributed by atoms with van der Waals surface area (Å²) in [5.74, 6) is 0.0132. The van der Waals surface area contributed by atoms with Gasteiger partial charge in [-0.05, 0) is 49.2 Å². The van der Waals surface area contributed by atoms with Crippen LogP contribution < -0.4 is 10.6 Å². The van der Waals surface area contributed by atoms with E-state index in [0.29, 0.717) is 13.0 Å². The SMILES string of the molecule is Cc1cccc(NC(=O)CCNc2ccc(C)c(Br)c2)c1. The van der Waals surface area contributed by atoms with Crippen molar-refractivity contribution < 1.29 is 4.79 Å². The van der Waals surface area contributed by atoms with Crippen LogP contribution in [0.1, 0.15) is 17.5 Å². The lowest BCUT2D eigenvalue weighted by molar-refractivity contribution is -0.115. The van der Waals surface area contributed by atoms with Crippen LogP contribution in [0, 0.1) is 13.8 Å². The van der Waals surface area contributed by atoms with E-state index in [9.17, 15) is 4.79 Å². The summed E-state index contributed by atoms with van der Waals surface area (Å²) in [6.45, 7) is 4.66. The normalized spacial score (nSPS) is 10.2. The van der Waals surface area contributed by atoms with E-state index in [2.05, 4.69) is 26.6 Å². The zero-order chi connectivity index (χ0) is 15.2. The summed E-state index contributed by atoms with van der Waals surface area (Å²) in [5.41, 5.74) is 4.18. The fourth-order valence-corrected chi connectivity index (χ4v) is 2.35. The molecular weight excluding hydrogens is 328 g/mol. The van der Waals surface area contributed by atoms with Gasteiger partial charge in [0.05, 0.1) is 0 Å². The Morgan fingerprint density at radius 3 is 2.62 bits per heavy atom. The summed E-state index contributed by atoms with van der Waals surface area (Å²) in [6, 6.07) is 13.9. The monoisotopic (exact) mass is 346 g/mol. The minimum atomic E-state index is 0.0132. The van der Waals surface area contributed by atoms with Gasteiger partial charge < -0.3 is 10.6 Å². The van der Waals surface area contributed by atoms with Crippen LogP contribution >= 0.6 is 15.9 Å². The average molecular weight is 347 g/mol. The summed E-state index contributed by atoms with van der Waals surface area (Å²) >= 11 is 3.50. The molecule has 0 radical (unpaired) electrons. The molecule has 0 saturated carbocycles. The highest BCUT2D eigenvalue weighted by molar-refractivity contribution is 9.10. The number of hydrogen-bond acceptors (Lipinski definition) is 2. The molecule has 0 spiro atoms. The van der Waals surface area contributed by atoms with E-state index in [0.717, 1.165) is 21.4 Å². The number of aryl methyl sites for hydroxylation is 2. The number of halogens is 1. The fourth-order valence-electron chi connectivity index (χ4n) is 1.97. The number of carbonyl (C=O) groups excluding carboxylic acids is 1. The topological polar surface area (TPSA) is 41.1 Å². The molecule has 0 aliphatic rings. The number of hydrogen-bond donors (Lipinski definition) is 2. The van der Waals surface area contributed by atoms with Gasteiger partial charge in [-0.1, -0.05) is 34.1 Å². The Hall–Kier alpha value is -1.81. The second-order valence-corrected chi connectivity index (χ2v) is 5.91. The molecule has 0 aromatic heterocycles. The lowest BCUT2D eigenvalue weighted by atomic mass is 10.2. The molecule has 0 bridgehead atoms. The lowest BCUT2D eigenvalue weighted by Gasteiger charge is -2.09. The Balaban J connectivity index is 1.80. The summed E-state index contributed by atoms with van der Waals surface area (Å²) in [6.07, 6.45) is 0.430. The molecule has 0 unspecified atom stereocenters. The molecule has 0 heterocycles. The van der Waals surface area contributed by atoms with E-state index < -0.39 is 0 Å². The van der Waals surface area contributed by atoms with Gasteiger partial charge in [0, 0.05) is 28.8 Å². The van der Waals surface area contributed by atoms with E-state index in [1.54, 1.807) is 0 Å². The van der Waals surface area contributed by atoms with Gasteiger partial charge in [-0.3, -0.25) is 4.79 Å². The Labute approximate surface area is 133 Å². The van der Waals surface area contributed by atoms with Gasteiger partial charge in [-0.2, -0.15) is 0 Å². The molecule has 0 atom stereocenters. The highest BCUT2D eigenvalue weighted by atomic mass is 79.9. The van der Waals surface area contributed by atoms with Gasteiger partial charge in [0.2, 0.25) is 5.91 Å². The Bertz CT molecular complexity index is 640. The number of amides is 1. The molecule has 0 aliphatic heterocycles. The van der Waals surface area contributed by atoms with Crippen molar-refractivity contribution in [2.24, 2.45) is 0 Å². The molecule has 0 aliphatic carbocycles. The first-order chi connectivity index (χ1) is 10.0. The van der Waals surface area contributed by atoms with E-state index in [1.807, 2.05) is 56.3 Å². The van der Waals surface area contributed by atoms with Crippen LogP contribution in [0.15, 0.2) is 46.9 Å². The van der Waals surface area contributed by atoms with Gasteiger partial charge in [0.25, 0.3) is 0 Å². The van der Waals surface area contributed by atoms with Crippen molar-refractivity contribution in [3.8, 4) is 0 Å². The van der Waals surface area contributed by atoms with Crippen molar-refractivity contribution in [2.45, 2.75) is 20.3 Å². The van der Waals surface area contributed by atoms with Crippen LogP contribution in [0.5, 0.6) is 0 Å². The first kappa shape index (κ1) is 15.6. The number of nitrogens with one attached hydrogen (secondary N) is 2. The largest absolute Gasteiger partial charge is 0.384 e. The van der Waals surface area contributed by atoms with Crippen LogP contribution in [-0.2, 0) is 4.79 Å². The summed E-state index contributed by atoms with van der Waals surface area (Å²) in [7, 11) is 0. The van der Waals surface area contributed by atoms with Gasteiger partial charge >= 0.3 is 0 Å².